The third kappa shape index (κ3) is 3.96. The molecule has 0 radical (unpaired) electrons. The Hall–Kier alpha value is -1.68. The molecule has 0 amide bonds. The molecule has 0 saturated heterocycles. The molecule has 0 aromatic heterocycles. The average molecular weight is 250 g/mol. The normalized spacial score (nSPS) is 13.7. The summed E-state index contributed by atoms with van der Waals surface area (Å²) in [6, 6.07) is 9.19. The summed E-state index contributed by atoms with van der Waals surface area (Å²) in [7, 11) is 0. The highest BCUT2D eigenvalue weighted by molar-refractivity contribution is 5.87. The molecular weight excluding hydrogens is 232 g/mol. The highest BCUT2D eigenvalue weighted by Crippen LogP contribution is 2.18. The third-order valence-corrected chi connectivity index (χ3v) is 2.72. The number of rotatable bonds is 6. The van der Waals surface area contributed by atoms with Gasteiger partial charge in [-0.3, -0.25) is 4.79 Å². The van der Waals surface area contributed by atoms with Crippen molar-refractivity contribution in [1.29, 1.82) is 0 Å². The number of ketones is 1. The molecule has 0 unspecified atom stereocenters. The second-order valence-electron chi connectivity index (χ2n) is 4.33. The molecule has 0 aliphatic heterocycles. The van der Waals surface area contributed by atoms with Crippen LogP contribution in [0.3, 0.4) is 0 Å². The maximum atomic E-state index is 11.8. The van der Waals surface area contributed by atoms with E-state index in [2.05, 4.69) is 0 Å². The molecule has 0 spiro atoms. The van der Waals surface area contributed by atoms with Crippen molar-refractivity contribution in [2.75, 3.05) is 0 Å². The third-order valence-electron chi connectivity index (χ3n) is 2.72. The van der Waals surface area contributed by atoms with Gasteiger partial charge in [-0.05, 0) is 18.9 Å². The largest absolute Gasteiger partial charge is 0.459 e. The lowest BCUT2D eigenvalue weighted by Gasteiger charge is -2.23. The second-order valence-corrected chi connectivity index (χ2v) is 4.33. The minimum atomic E-state index is -1.71. The van der Waals surface area contributed by atoms with Crippen molar-refractivity contribution in [3.05, 3.63) is 35.9 Å². The van der Waals surface area contributed by atoms with E-state index in [-0.39, 0.29) is 25.2 Å². The minimum absolute atomic E-state index is 0.0971. The van der Waals surface area contributed by atoms with Gasteiger partial charge in [0.25, 0.3) is 0 Å². The Kier molecular flexibility index (Phi) is 5.04. The van der Waals surface area contributed by atoms with Crippen molar-refractivity contribution in [3.63, 3.8) is 0 Å². The number of esters is 1. The summed E-state index contributed by atoms with van der Waals surface area (Å²) in [6.45, 7) is 3.08. The van der Waals surface area contributed by atoms with Gasteiger partial charge in [0.15, 0.2) is 5.60 Å². The molecule has 18 heavy (non-hydrogen) atoms. The number of carbonyl (C=O) groups is 2. The van der Waals surface area contributed by atoms with Gasteiger partial charge in [0.1, 0.15) is 12.4 Å². The molecular formula is C14H18O4. The standard InChI is InChI=1S/C14H18O4/c1-3-14(17,9-11(2)15)13(16)18-10-12-7-5-4-6-8-12/h4-8,17H,3,9-10H2,1-2H3/t14-/m1/s1. The molecule has 0 aliphatic carbocycles. The summed E-state index contributed by atoms with van der Waals surface area (Å²) in [5, 5.41) is 10.0. The number of aliphatic hydroxyl groups is 1. The zero-order valence-electron chi connectivity index (χ0n) is 10.7. The fraction of sp³-hybridized carbons (Fsp3) is 0.429. The summed E-state index contributed by atoms with van der Waals surface area (Å²) in [6.07, 6.45) is -0.0582. The van der Waals surface area contributed by atoms with E-state index in [4.69, 9.17) is 4.74 Å². The fourth-order valence-electron chi connectivity index (χ4n) is 1.61. The van der Waals surface area contributed by atoms with E-state index in [1.807, 2.05) is 30.3 Å². The van der Waals surface area contributed by atoms with Crippen LogP contribution in [0.5, 0.6) is 0 Å². The van der Waals surface area contributed by atoms with E-state index in [9.17, 15) is 14.7 Å². The van der Waals surface area contributed by atoms with Crippen LogP contribution >= 0.6 is 0 Å². The smallest absolute Gasteiger partial charge is 0.338 e. The van der Waals surface area contributed by atoms with E-state index in [0.29, 0.717) is 0 Å². The molecule has 0 heterocycles. The van der Waals surface area contributed by atoms with Crippen LogP contribution in [0.15, 0.2) is 30.3 Å². The number of Topliss-reactive ketones (excluding diaryl/α,β-unsaturated/α-hetero) is 1. The quantitative estimate of drug-likeness (QED) is 0.783. The van der Waals surface area contributed by atoms with E-state index in [1.165, 1.54) is 6.92 Å². The van der Waals surface area contributed by atoms with Gasteiger partial charge in [-0.25, -0.2) is 4.79 Å². The maximum Gasteiger partial charge on any atom is 0.338 e. The first-order valence-corrected chi connectivity index (χ1v) is 5.91. The maximum absolute atomic E-state index is 11.8. The van der Waals surface area contributed by atoms with Gasteiger partial charge in [-0.1, -0.05) is 37.3 Å². The van der Waals surface area contributed by atoms with Crippen LogP contribution in [0, 0.1) is 0 Å². The van der Waals surface area contributed by atoms with Crippen LogP contribution in [0.25, 0.3) is 0 Å². The zero-order valence-corrected chi connectivity index (χ0v) is 10.7. The Bertz CT molecular complexity index is 413. The van der Waals surface area contributed by atoms with Crippen LogP contribution in [0.4, 0.5) is 0 Å². The number of hydrogen-bond donors (Lipinski definition) is 1. The lowest BCUT2D eigenvalue weighted by Crippen LogP contribution is -2.41. The Morgan fingerprint density at radius 1 is 1.28 bits per heavy atom. The lowest BCUT2D eigenvalue weighted by molar-refractivity contribution is -0.169. The van der Waals surface area contributed by atoms with Crippen LogP contribution in [-0.2, 0) is 20.9 Å². The highest BCUT2D eigenvalue weighted by Gasteiger charge is 2.37. The van der Waals surface area contributed by atoms with Gasteiger partial charge >= 0.3 is 5.97 Å². The number of hydrogen-bond acceptors (Lipinski definition) is 4. The highest BCUT2D eigenvalue weighted by atomic mass is 16.5. The van der Waals surface area contributed by atoms with Gasteiger partial charge in [0.2, 0.25) is 0 Å². The molecule has 4 heteroatoms. The fourth-order valence-corrected chi connectivity index (χ4v) is 1.61. The molecule has 1 aromatic rings. The number of carbonyl (C=O) groups excluding carboxylic acids is 2. The molecule has 0 aliphatic rings. The van der Waals surface area contributed by atoms with Crippen molar-refractivity contribution >= 4 is 11.8 Å². The van der Waals surface area contributed by atoms with Crippen LogP contribution < -0.4 is 0 Å². The van der Waals surface area contributed by atoms with Gasteiger partial charge in [-0.2, -0.15) is 0 Å². The number of benzene rings is 1. The van der Waals surface area contributed by atoms with E-state index >= 15 is 0 Å². The topological polar surface area (TPSA) is 63.6 Å². The number of ether oxygens (including phenoxy) is 1. The first kappa shape index (κ1) is 14.4. The molecule has 1 atom stereocenters. The lowest BCUT2D eigenvalue weighted by atomic mass is 9.94. The van der Waals surface area contributed by atoms with Gasteiger partial charge < -0.3 is 9.84 Å². The second kappa shape index (κ2) is 6.31. The van der Waals surface area contributed by atoms with E-state index in [0.717, 1.165) is 5.56 Å². The average Bonchev–Trinajstić information content (AvgIpc) is 2.36. The first-order chi connectivity index (χ1) is 8.48. The SMILES string of the molecule is CC[C@@](O)(CC(C)=O)C(=O)OCc1ccccc1. The molecule has 1 aromatic carbocycles. The molecule has 0 bridgehead atoms. The summed E-state index contributed by atoms with van der Waals surface area (Å²) in [4.78, 5) is 22.8. The van der Waals surface area contributed by atoms with Crippen molar-refractivity contribution in [2.24, 2.45) is 0 Å². The minimum Gasteiger partial charge on any atom is -0.459 e. The van der Waals surface area contributed by atoms with Crippen molar-refractivity contribution in [1.82, 2.24) is 0 Å². The van der Waals surface area contributed by atoms with Crippen molar-refractivity contribution in [2.45, 2.75) is 38.9 Å². The van der Waals surface area contributed by atoms with E-state index in [1.54, 1.807) is 6.92 Å². The molecule has 98 valence electrons. The summed E-state index contributed by atoms with van der Waals surface area (Å²) in [5.41, 5.74) is -0.868. The predicted molar refractivity (Wildman–Crippen MR) is 66.8 cm³/mol. The zero-order chi connectivity index (χ0) is 13.6. The Labute approximate surface area is 107 Å². The first-order valence-electron chi connectivity index (χ1n) is 5.91. The predicted octanol–water partition coefficient (Wildman–Crippen LogP) is 1.85. The van der Waals surface area contributed by atoms with Gasteiger partial charge in [0.05, 0.1) is 0 Å². The molecule has 0 fully saturated rings. The molecule has 1 N–H and O–H groups in total. The van der Waals surface area contributed by atoms with Crippen LogP contribution in [-0.4, -0.2) is 22.5 Å². The van der Waals surface area contributed by atoms with Crippen LogP contribution in [0.1, 0.15) is 32.3 Å². The summed E-state index contributed by atoms with van der Waals surface area (Å²) < 4.78 is 5.04. The summed E-state index contributed by atoms with van der Waals surface area (Å²) >= 11 is 0. The molecule has 1 rings (SSSR count). The van der Waals surface area contributed by atoms with Crippen molar-refractivity contribution < 1.29 is 19.4 Å². The van der Waals surface area contributed by atoms with Gasteiger partial charge in [-0.15, -0.1) is 0 Å². The molecule has 4 nitrogen and oxygen atoms in total. The summed E-state index contributed by atoms with van der Waals surface area (Å²) in [5.74, 6) is -0.986. The Morgan fingerprint density at radius 2 is 1.89 bits per heavy atom. The monoisotopic (exact) mass is 250 g/mol. The van der Waals surface area contributed by atoms with Gasteiger partial charge in [0, 0.05) is 6.42 Å². The molecule has 0 saturated carbocycles. The Balaban J connectivity index is 2.60. The Morgan fingerprint density at radius 3 is 2.39 bits per heavy atom. The van der Waals surface area contributed by atoms with Crippen LogP contribution in [0.2, 0.25) is 0 Å². The van der Waals surface area contributed by atoms with Crippen molar-refractivity contribution in [3.8, 4) is 0 Å². The van der Waals surface area contributed by atoms with E-state index < -0.39 is 11.6 Å².